The van der Waals surface area contributed by atoms with E-state index in [0.717, 1.165) is 11.3 Å². The highest BCUT2D eigenvalue weighted by atomic mass is 32.2. The van der Waals surface area contributed by atoms with Crippen molar-refractivity contribution in [1.29, 1.82) is 0 Å². The summed E-state index contributed by atoms with van der Waals surface area (Å²) in [4.78, 5) is 2.21. The minimum absolute atomic E-state index is 0.0684. The molecule has 4 nitrogen and oxygen atoms in total. The van der Waals surface area contributed by atoms with Gasteiger partial charge in [0, 0.05) is 19.7 Å². The van der Waals surface area contributed by atoms with Crippen LogP contribution in [0, 0.1) is 11.8 Å². The van der Waals surface area contributed by atoms with Gasteiger partial charge in [-0.15, -0.1) is 0 Å². The van der Waals surface area contributed by atoms with E-state index in [1.165, 1.54) is 0 Å². The number of benzene rings is 2. The van der Waals surface area contributed by atoms with Crippen LogP contribution in [0.4, 0.5) is 5.69 Å². The van der Waals surface area contributed by atoms with Crippen LogP contribution >= 0.6 is 0 Å². The molecule has 0 aliphatic carbocycles. The first-order chi connectivity index (χ1) is 10.5. The summed E-state index contributed by atoms with van der Waals surface area (Å²) < 4.78 is 26.5. The van der Waals surface area contributed by atoms with Crippen LogP contribution in [0.5, 0.6) is 0 Å². The average molecular weight is 314 g/mol. The number of rotatable bonds is 4. The first kappa shape index (κ1) is 16.1. The van der Waals surface area contributed by atoms with Crippen LogP contribution in [0.2, 0.25) is 0 Å². The largest absolute Gasteiger partial charge is 0.377 e. The highest BCUT2D eigenvalue weighted by Crippen LogP contribution is 2.16. The molecule has 1 N–H and O–H groups in total. The van der Waals surface area contributed by atoms with Gasteiger partial charge >= 0.3 is 0 Å². The minimum atomic E-state index is -3.50. The smallest absolute Gasteiger partial charge is 0.241 e. The summed E-state index contributed by atoms with van der Waals surface area (Å²) in [5.74, 6) is 5.86. The fraction of sp³-hybridized carbons (Fsp3) is 0.176. The second-order valence-electron chi connectivity index (χ2n) is 4.85. The molecule has 114 valence electrons. The quantitative estimate of drug-likeness (QED) is 0.879. The van der Waals surface area contributed by atoms with Crippen molar-refractivity contribution in [1.82, 2.24) is 4.72 Å². The molecule has 0 atom stereocenters. The number of nitrogens with zero attached hydrogens (tertiary/aromatic N) is 1. The van der Waals surface area contributed by atoms with E-state index in [1.54, 1.807) is 30.3 Å². The predicted molar refractivity (Wildman–Crippen MR) is 89.3 cm³/mol. The van der Waals surface area contributed by atoms with Crippen LogP contribution in [0.25, 0.3) is 0 Å². The van der Waals surface area contributed by atoms with E-state index >= 15 is 0 Å². The van der Waals surface area contributed by atoms with Gasteiger partial charge in [0.15, 0.2) is 0 Å². The molecular weight excluding hydrogens is 296 g/mol. The molecule has 0 fully saturated rings. The third-order valence-electron chi connectivity index (χ3n) is 3.01. The molecule has 2 rings (SSSR count). The second-order valence-corrected chi connectivity index (χ2v) is 6.62. The Kier molecular flexibility index (Phi) is 5.21. The lowest BCUT2D eigenvalue weighted by molar-refractivity contribution is 0.586. The maximum absolute atomic E-state index is 12.0. The van der Waals surface area contributed by atoms with Crippen LogP contribution < -0.4 is 9.62 Å². The zero-order chi connectivity index (χ0) is 16.0. The van der Waals surface area contributed by atoms with Gasteiger partial charge in [-0.3, -0.25) is 0 Å². The molecule has 0 spiro atoms. The van der Waals surface area contributed by atoms with Gasteiger partial charge < -0.3 is 4.90 Å². The van der Waals surface area contributed by atoms with E-state index in [-0.39, 0.29) is 11.4 Å². The topological polar surface area (TPSA) is 49.4 Å². The van der Waals surface area contributed by atoms with Crippen molar-refractivity contribution in [3.05, 3.63) is 60.2 Å². The van der Waals surface area contributed by atoms with E-state index in [2.05, 4.69) is 16.6 Å². The van der Waals surface area contributed by atoms with Gasteiger partial charge in [0.2, 0.25) is 10.0 Å². The lowest BCUT2D eigenvalue weighted by Crippen LogP contribution is -2.23. The molecular formula is C17H18N2O2S. The first-order valence-corrected chi connectivity index (χ1v) is 8.29. The molecule has 2 aromatic rings. The zero-order valence-corrected chi connectivity index (χ0v) is 13.4. The Labute approximate surface area is 131 Å². The van der Waals surface area contributed by atoms with E-state index < -0.39 is 10.0 Å². The Hall–Kier alpha value is -2.29. The third kappa shape index (κ3) is 4.10. The molecule has 0 heterocycles. The van der Waals surface area contributed by atoms with Gasteiger partial charge in [0.1, 0.15) is 0 Å². The van der Waals surface area contributed by atoms with Gasteiger partial charge in [0.05, 0.1) is 17.1 Å². The van der Waals surface area contributed by atoms with Crippen LogP contribution in [-0.4, -0.2) is 29.1 Å². The highest BCUT2D eigenvalue weighted by molar-refractivity contribution is 7.89. The second kappa shape index (κ2) is 7.12. The standard InChI is InChI=1S/C17H18N2O2S/c1-19(2)17-13-7-6-9-15(17)10-8-14-18-22(20,21)16-11-4-3-5-12-16/h3-7,9,11-13,18H,14H2,1-2H3. The summed E-state index contributed by atoms with van der Waals surface area (Å²) in [7, 11) is 0.382. The summed E-state index contributed by atoms with van der Waals surface area (Å²) >= 11 is 0. The van der Waals surface area contributed by atoms with Crippen molar-refractivity contribution in [2.75, 3.05) is 25.5 Å². The molecule has 0 unspecified atom stereocenters. The van der Waals surface area contributed by atoms with E-state index in [9.17, 15) is 8.42 Å². The SMILES string of the molecule is CN(C)c1ccccc1C#CCNS(=O)(=O)c1ccccc1. The van der Waals surface area contributed by atoms with Gasteiger partial charge in [-0.2, -0.15) is 4.72 Å². The molecule has 5 heteroatoms. The third-order valence-corrected chi connectivity index (χ3v) is 4.43. The Bertz CT molecular complexity index is 788. The molecule has 0 amide bonds. The Balaban J connectivity index is 2.07. The van der Waals surface area contributed by atoms with Crippen LogP contribution in [0.1, 0.15) is 5.56 Å². The van der Waals surface area contributed by atoms with Crippen LogP contribution in [-0.2, 0) is 10.0 Å². The van der Waals surface area contributed by atoms with Crippen LogP contribution in [0.15, 0.2) is 59.5 Å². The summed E-state index contributed by atoms with van der Waals surface area (Å²) in [6.07, 6.45) is 0. The molecule has 0 saturated carbocycles. The molecule has 0 aromatic heterocycles. The molecule has 2 aromatic carbocycles. The maximum atomic E-state index is 12.0. The summed E-state index contributed by atoms with van der Waals surface area (Å²) in [5.41, 5.74) is 1.87. The van der Waals surface area contributed by atoms with Gasteiger partial charge in [-0.1, -0.05) is 42.2 Å². The van der Waals surface area contributed by atoms with Crippen molar-refractivity contribution in [3.63, 3.8) is 0 Å². The molecule has 22 heavy (non-hydrogen) atoms. The number of hydrogen-bond donors (Lipinski definition) is 1. The molecule has 0 aliphatic rings. The van der Waals surface area contributed by atoms with Gasteiger partial charge in [-0.05, 0) is 24.3 Å². The Morgan fingerprint density at radius 2 is 1.64 bits per heavy atom. The first-order valence-electron chi connectivity index (χ1n) is 6.80. The monoisotopic (exact) mass is 314 g/mol. The number of anilines is 1. The highest BCUT2D eigenvalue weighted by Gasteiger charge is 2.11. The van der Waals surface area contributed by atoms with Gasteiger partial charge in [0.25, 0.3) is 0 Å². The molecule has 0 bridgehead atoms. The predicted octanol–water partition coefficient (Wildman–Crippen LogP) is 2.08. The van der Waals surface area contributed by atoms with Gasteiger partial charge in [-0.25, -0.2) is 8.42 Å². The molecule has 0 saturated heterocycles. The number of nitrogens with one attached hydrogen (secondary N) is 1. The van der Waals surface area contributed by atoms with Crippen molar-refractivity contribution in [2.24, 2.45) is 0 Å². The zero-order valence-electron chi connectivity index (χ0n) is 12.6. The number of hydrogen-bond acceptors (Lipinski definition) is 3. The maximum Gasteiger partial charge on any atom is 0.241 e. The fourth-order valence-corrected chi connectivity index (χ4v) is 2.87. The minimum Gasteiger partial charge on any atom is -0.377 e. The Morgan fingerprint density at radius 3 is 2.32 bits per heavy atom. The normalized spacial score (nSPS) is 10.6. The summed E-state index contributed by atoms with van der Waals surface area (Å²) in [6.45, 7) is 0.0684. The van der Waals surface area contributed by atoms with Crippen molar-refractivity contribution in [2.45, 2.75) is 4.90 Å². The van der Waals surface area contributed by atoms with Crippen molar-refractivity contribution in [3.8, 4) is 11.8 Å². The Morgan fingerprint density at radius 1 is 1.00 bits per heavy atom. The lowest BCUT2D eigenvalue weighted by Gasteiger charge is -2.13. The number of sulfonamides is 1. The fourth-order valence-electron chi connectivity index (χ4n) is 1.92. The van der Waals surface area contributed by atoms with Crippen LogP contribution in [0.3, 0.4) is 0 Å². The molecule has 0 radical (unpaired) electrons. The number of para-hydroxylation sites is 1. The summed E-state index contributed by atoms with van der Waals surface area (Å²) in [5, 5.41) is 0. The van der Waals surface area contributed by atoms with E-state index in [0.29, 0.717) is 0 Å². The summed E-state index contributed by atoms with van der Waals surface area (Å²) in [6, 6.07) is 16.0. The molecule has 0 aliphatic heterocycles. The van der Waals surface area contributed by atoms with Crippen molar-refractivity contribution < 1.29 is 8.42 Å². The van der Waals surface area contributed by atoms with Crippen molar-refractivity contribution >= 4 is 15.7 Å². The van der Waals surface area contributed by atoms with E-state index in [4.69, 9.17) is 0 Å². The van der Waals surface area contributed by atoms with E-state index in [1.807, 2.05) is 43.3 Å². The average Bonchev–Trinajstić information content (AvgIpc) is 2.53. The lowest BCUT2D eigenvalue weighted by atomic mass is 10.1.